The first kappa shape index (κ1) is 12.8. The predicted octanol–water partition coefficient (Wildman–Crippen LogP) is 1.99. The molecule has 0 unspecified atom stereocenters. The van der Waals surface area contributed by atoms with E-state index in [-0.39, 0.29) is 17.6 Å². The number of nitrogens with one attached hydrogen (secondary N) is 3. The number of aromatic nitrogens is 3. The summed E-state index contributed by atoms with van der Waals surface area (Å²) in [6, 6.07) is 5.33. The molecule has 0 saturated carbocycles. The van der Waals surface area contributed by atoms with Crippen LogP contribution < -0.4 is 15.4 Å². The van der Waals surface area contributed by atoms with Crippen molar-refractivity contribution in [2.75, 3.05) is 17.2 Å². The number of hydrogen-bond donors (Lipinski definition) is 3. The van der Waals surface area contributed by atoms with E-state index < -0.39 is 11.8 Å². The van der Waals surface area contributed by atoms with Crippen LogP contribution in [0.5, 0.6) is 6.01 Å². The van der Waals surface area contributed by atoms with Gasteiger partial charge in [-0.05, 0) is 19.1 Å². The predicted molar refractivity (Wildman–Crippen MR) is 66.6 cm³/mol. The molecule has 8 heteroatoms. The Labute approximate surface area is 108 Å². The van der Waals surface area contributed by atoms with Gasteiger partial charge in [0, 0.05) is 0 Å². The Morgan fingerprint density at radius 2 is 2.21 bits per heavy atom. The van der Waals surface area contributed by atoms with Crippen LogP contribution in [-0.4, -0.2) is 27.8 Å². The molecule has 0 spiro atoms. The van der Waals surface area contributed by atoms with E-state index in [1.807, 2.05) is 0 Å². The van der Waals surface area contributed by atoms with Gasteiger partial charge in [-0.25, -0.2) is 14.3 Å². The Morgan fingerprint density at radius 1 is 1.42 bits per heavy atom. The van der Waals surface area contributed by atoms with Crippen LogP contribution in [0, 0.1) is 5.82 Å². The second kappa shape index (κ2) is 5.80. The summed E-state index contributed by atoms with van der Waals surface area (Å²) in [5, 5.41) is 10.9. The molecule has 1 aromatic heterocycles. The van der Waals surface area contributed by atoms with Gasteiger partial charge in [-0.1, -0.05) is 12.1 Å². The number of aromatic amines is 1. The maximum Gasteiger partial charge on any atom is 0.337 e. The normalized spacial score (nSPS) is 10.0. The Kier molecular flexibility index (Phi) is 3.91. The lowest BCUT2D eigenvalue weighted by molar-refractivity contribution is 0.262. The molecule has 100 valence electrons. The zero-order valence-electron chi connectivity index (χ0n) is 10.1. The summed E-state index contributed by atoms with van der Waals surface area (Å²) in [5.41, 5.74) is 0.0737. The van der Waals surface area contributed by atoms with Crippen molar-refractivity contribution < 1.29 is 13.9 Å². The van der Waals surface area contributed by atoms with Gasteiger partial charge >= 0.3 is 12.0 Å². The topological polar surface area (TPSA) is 91.9 Å². The molecule has 1 heterocycles. The largest absolute Gasteiger partial charge is 0.463 e. The van der Waals surface area contributed by atoms with E-state index in [0.29, 0.717) is 6.61 Å². The zero-order valence-corrected chi connectivity index (χ0v) is 10.1. The van der Waals surface area contributed by atoms with Crippen LogP contribution in [0.15, 0.2) is 24.3 Å². The van der Waals surface area contributed by atoms with Crippen molar-refractivity contribution in [2.24, 2.45) is 0 Å². The van der Waals surface area contributed by atoms with E-state index in [1.165, 1.54) is 18.2 Å². The van der Waals surface area contributed by atoms with Crippen LogP contribution in [0.2, 0.25) is 0 Å². The van der Waals surface area contributed by atoms with Gasteiger partial charge in [0.1, 0.15) is 5.82 Å². The van der Waals surface area contributed by atoms with Crippen molar-refractivity contribution in [3.63, 3.8) is 0 Å². The van der Waals surface area contributed by atoms with Crippen LogP contribution in [-0.2, 0) is 0 Å². The van der Waals surface area contributed by atoms with Crippen molar-refractivity contribution in [2.45, 2.75) is 6.92 Å². The number of amides is 2. The number of para-hydroxylation sites is 1. The Balaban J connectivity index is 1.95. The number of nitrogens with zero attached hydrogens (tertiary/aromatic N) is 2. The number of rotatable bonds is 4. The van der Waals surface area contributed by atoms with Gasteiger partial charge in [-0.3, -0.25) is 5.32 Å². The fourth-order valence-electron chi connectivity index (χ4n) is 1.32. The lowest BCUT2D eigenvalue weighted by Crippen LogP contribution is -2.20. The second-order valence-corrected chi connectivity index (χ2v) is 3.46. The SMILES string of the molecule is CCOc1n[nH]c(NC(=O)Nc2ccccc2F)n1. The number of hydrogen-bond acceptors (Lipinski definition) is 4. The molecule has 19 heavy (non-hydrogen) atoms. The van der Waals surface area contributed by atoms with Crippen LogP contribution in [0.25, 0.3) is 0 Å². The van der Waals surface area contributed by atoms with Crippen molar-refractivity contribution in [3.05, 3.63) is 30.1 Å². The summed E-state index contributed by atoms with van der Waals surface area (Å²) in [7, 11) is 0. The van der Waals surface area contributed by atoms with E-state index >= 15 is 0 Å². The number of carbonyl (C=O) groups is 1. The number of ether oxygens (including phenoxy) is 1. The summed E-state index contributed by atoms with van der Waals surface area (Å²) >= 11 is 0. The van der Waals surface area contributed by atoms with E-state index in [0.717, 1.165) is 0 Å². The molecule has 0 fully saturated rings. The molecule has 0 radical (unpaired) electrons. The molecule has 7 nitrogen and oxygen atoms in total. The third-order valence-electron chi connectivity index (χ3n) is 2.09. The molecule has 0 aliphatic carbocycles. The third kappa shape index (κ3) is 3.41. The van der Waals surface area contributed by atoms with Gasteiger partial charge in [-0.15, -0.1) is 5.10 Å². The molecule has 3 N–H and O–H groups in total. The van der Waals surface area contributed by atoms with Gasteiger partial charge in [0.2, 0.25) is 5.95 Å². The highest BCUT2D eigenvalue weighted by atomic mass is 19.1. The molecule has 0 aliphatic rings. The van der Waals surface area contributed by atoms with Crippen LogP contribution in [0.3, 0.4) is 0 Å². The van der Waals surface area contributed by atoms with Gasteiger partial charge < -0.3 is 10.1 Å². The highest BCUT2D eigenvalue weighted by Crippen LogP contribution is 2.13. The summed E-state index contributed by atoms with van der Waals surface area (Å²) in [4.78, 5) is 15.4. The van der Waals surface area contributed by atoms with Crippen LogP contribution >= 0.6 is 0 Å². The molecule has 2 aromatic rings. The maximum absolute atomic E-state index is 13.3. The molecular weight excluding hydrogens is 253 g/mol. The fraction of sp³-hybridized carbons (Fsp3) is 0.182. The average Bonchev–Trinajstić information content (AvgIpc) is 2.80. The van der Waals surface area contributed by atoms with E-state index in [4.69, 9.17) is 4.74 Å². The minimum absolute atomic E-state index is 0.0737. The highest BCUT2D eigenvalue weighted by Gasteiger charge is 2.09. The first-order valence-electron chi connectivity index (χ1n) is 5.56. The molecule has 0 bridgehead atoms. The molecule has 0 saturated heterocycles. The Morgan fingerprint density at radius 3 is 2.95 bits per heavy atom. The number of benzene rings is 1. The van der Waals surface area contributed by atoms with Crippen molar-refractivity contribution in [3.8, 4) is 6.01 Å². The van der Waals surface area contributed by atoms with Gasteiger partial charge in [-0.2, -0.15) is 4.98 Å². The summed E-state index contributed by atoms with van der Waals surface area (Å²) in [6.45, 7) is 2.20. The number of H-pyrrole nitrogens is 1. The molecule has 2 amide bonds. The first-order chi connectivity index (χ1) is 9.19. The second-order valence-electron chi connectivity index (χ2n) is 3.46. The van der Waals surface area contributed by atoms with E-state index in [1.54, 1.807) is 13.0 Å². The molecule has 2 rings (SSSR count). The van der Waals surface area contributed by atoms with E-state index in [9.17, 15) is 9.18 Å². The minimum Gasteiger partial charge on any atom is -0.463 e. The maximum atomic E-state index is 13.3. The number of urea groups is 1. The summed E-state index contributed by atoms with van der Waals surface area (Å²) < 4.78 is 18.3. The number of halogens is 1. The van der Waals surface area contributed by atoms with Crippen molar-refractivity contribution >= 4 is 17.7 Å². The lowest BCUT2D eigenvalue weighted by Gasteiger charge is -2.05. The Hall–Kier alpha value is -2.64. The monoisotopic (exact) mass is 265 g/mol. The molecule has 0 atom stereocenters. The van der Waals surface area contributed by atoms with Crippen molar-refractivity contribution in [1.29, 1.82) is 0 Å². The summed E-state index contributed by atoms with van der Waals surface area (Å²) in [6.07, 6.45) is 0. The van der Waals surface area contributed by atoms with Crippen LogP contribution in [0.4, 0.5) is 20.8 Å². The molecule has 0 aliphatic heterocycles. The average molecular weight is 265 g/mol. The third-order valence-corrected chi connectivity index (χ3v) is 2.09. The van der Waals surface area contributed by atoms with Gasteiger partial charge in [0.25, 0.3) is 0 Å². The van der Waals surface area contributed by atoms with Crippen LogP contribution in [0.1, 0.15) is 6.92 Å². The quantitative estimate of drug-likeness (QED) is 0.788. The molecule has 1 aromatic carbocycles. The first-order valence-corrected chi connectivity index (χ1v) is 5.56. The highest BCUT2D eigenvalue weighted by molar-refractivity contribution is 5.98. The van der Waals surface area contributed by atoms with Crippen molar-refractivity contribution in [1.82, 2.24) is 15.2 Å². The lowest BCUT2D eigenvalue weighted by atomic mass is 10.3. The number of carbonyl (C=O) groups excluding carboxylic acids is 1. The van der Waals surface area contributed by atoms with Gasteiger partial charge in [0.05, 0.1) is 12.3 Å². The van der Waals surface area contributed by atoms with E-state index in [2.05, 4.69) is 25.8 Å². The number of anilines is 2. The van der Waals surface area contributed by atoms with Gasteiger partial charge in [0.15, 0.2) is 0 Å². The molecular formula is C11H12FN5O2. The minimum atomic E-state index is -0.635. The summed E-state index contributed by atoms with van der Waals surface area (Å²) in [5.74, 6) is -0.414. The fourth-order valence-corrected chi connectivity index (χ4v) is 1.32. The standard InChI is InChI=1S/C11H12FN5O2/c1-2-19-11-15-9(16-17-11)14-10(18)13-8-6-4-3-5-7(8)12/h3-6H,2H2,1H3,(H3,13,14,15,16,17,18). The zero-order chi connectivity index (χ0) is 13.7. The smallest absolute Gasteiger partial charge is 0.337 e. The Bertz CT molecular complexity index is 572.